The number of carboxylic acid groups (broad SMARTS) is 1. The fourth-order valence-electron chi connectivity index (χ4n) is 0.752. The maximum Gasteiger partial charge on any atom is 0.330 e. The van der Waals surface area contributed by atoms with Gasteiger partial charge in [-0.15, -0.1) is 0 Å². The van der Waals surface area contributed by atoms with Crippen LogP contribution in [0.5, 0.6) is 0 Å². The molecule has 0 saturated heterocycles. The minimum atomic E-state index is -5.06. The number of carbonyl (C=O) groups is 2. The molecule has 7 nitrogen and oxygen atoms in total. The SMILES string of the molecule is O=C(O)CC(C(=O)OC(F)C=CF)S(=O)(=O)O. The first kappa shape index (κ1) is 15.4. The molecule has 0 aromatic rings. The monoisotopic (exact) mass is 274 g/mol. The van der Waals surface area contributed by atoms with Crippen molar-refractivity contribution in [2.45, 2.75) is 18.0 Å². The predicted molar refractivity (Wildman–Crippen MR) is 48.8 cm³/mol. The summed E-state index contributed by atoms with van der Waals surface area (Å²) in [6, 6.07) is 0. The maximum atomic E-state index is 12.5. The first-order valence-corrected chi connectivity index (χ1v) is 5.48. The Kier molecular flexibility index (Phi) is 5.68. The van der Waals surface area contributed by atoms with Crippen LogP contribution in [0.3, 0.4) is 0 Å². The number of hydrogen-bond donors (Lipinski definition) is 2. The third-order valence-electron chi connectivity index (χ3n) is 1.44. The van der Waals surface area contributed by atoms with Gasteiger partial charge in [-0.1, -0.05) is 0 Å². The van der Waals surface area contributed by atoms with E-state index in [1.807, 2.05) is 0 Å². The Morgan fingerprint density at radius 2 is 1.94 bits per heavy atom. The smallest absolute Gasteiger partial charge is 0.330 e. The third kappa shape index (κ3) is 5.92. The van der Waals surface area contributed by atoms with Crippen LogP contribution in [0.2, 0.25) is 0 Å². The molecule has 0 aliphatic carbocycles. The molecule has 2 atom stereocenters. The van der Waals surface area contributed by atoms with Crippen LogP contribution in [0.4, 0.5) is 8.78 Å². The molecule has 0 rings (SSSR count). The van der Waals surface area contributed by atoms with E-state index in [0.717, 1.165) is 0 Å². The Morgan fingerprint density at radius 3 is 2.29 bits per heavy atom. The van der Waals surface area contributed by atoms with E-state index < -0.39 is 40.1 Å². The molecule has 98 valence electrons. The molecule has 2 unspecified atom stereocenters. The third-order valence-corrected chi connectivity index (χ3v) is 2.51. The molecule has 0 aliphatic rings. The minimum absolute atomic E-state index is 0.139. The summed E-state index contributed by atoms with van der Waals surface area (Å²) in [4.78, 5) is 21.2. The molecule has 0 saturated carbocycles. The first-order chi connectivity index (χ1) is 7.68. The highest BCUT2D eigenvalue weighted by atomic mass is 32.2. The lowest BCUT2D eigenvalue weighted by molar-refractivity contribution is -0.155. The van der Waals surface area contributed by atoms with Crippen LogP contribution in [0, 0.1) is 0 Å². The van der Waals surface area contributed by atoms with Crippen molar-refractivity contribution in [2.24, 2.45) is 0 Å². The zero-order valence-corrected chi connectivity index (χ0v) is 8.93. The van der Waals surface area contributed by atoms with Gasteiger partial charge < -0.3 is 9.84 Å². The van der Waals surface area contributed by atoms with Crippen LogP contribution in [0.1, 0.15) is 6.42 Å². The van der Waals surface area contributed by atoms with Crippen LogP contribution < -0.4 is 0 Å². The summed E-state index contributed by atoms with van der Waals surface area (Å²) < 4.78 is 57.5. The second-order valence-corrected chi connectivity index (χ2v) is 4.31. The number of aliphatic carboxylic acids is 1. The van der Waals surface area contributed by atoms with Crippen LogP contribution in [-0.2, 0) is 24.4 Å². The lowest BCUT2D eigenvalue weighted by Crippen LogP contribution is -2.35. The summed E-state index contributed by atoms with van der Waals surface area (Å²) in [6.07, 6.45) is -4.04. The zero-order chi connectivity index (χ0) is 13.6. The van der Waals surface area contributed by atoms with Crippen molar-refractivity contribution in [2.75, 3.05) is 0 Å². The Hall–Kier alpha value is -1.55. The van der Waals surface area contributed by atoms with Crippen LogP contribution in [-0.4, -0.2) is 41.6 Å². The Balaban J connectivity index is 4.83. The summed E-state index contributed by atoms with van der Waals surface area (Å²) in [6.45, 7) is 0. The average Bonchev–Trinajstić information content (AvgIpc) is 2.12. The van der Waals surface area contributed by atoms with Gasteiger partial charge in [0, 0.05) is 6.08 Å². The van der Waals surface area contributed by atoms with Gasteiger partial charge in [-0.3, -0.25) is 14.1 Å². The van der Waals surface area contributed by atoms with Crippen molar-refractivity contribution in [3.8, 4) is 0 Å². The largest absolute Gasteiger partial charge is 0.481 e. The second-order valence-electron chi connectivity index (χ2n) is 2.71. The van der Waals surface area contributed by atoms with Crippen molar-refractivity contribution in [1.29, 1.82) is 0 Å². The Bertz CT molecular complexity index is 416. The van der Waals surface area contributed by atoms with Gasteiger partial charge in [-0.25, -0.2) is 4.39 Å². The predicted octanol–water partition coefficient (Wildman–Crippen LogP) is 0.0395. The number of rotatable bonds is 6. The maximum absolute atomic E-state index is 12.5. The van der Waals surface area contributed by atoms with Crippen LogP contribution in [0.25, 0.3) is 0 Å². The van der Waals surface area contributed by atoms with Crippen molar-refractivity contribution < 1.29 is 41.2 Å². The van der Waals surface area contributed by atoms with Crippen molar-refractivity contribution in [3.63, 3.8) is 0 Å². The molecule has 0 fully saturated rings. The van der Waals surface area contributed by atoms with Gasteiger partial charge >= 0.3 is 11.9 Å². The lowest BCUT2D eigenvalue weighted by atomic mass is 10.3. The van der Waals surface area contributed by atoms with Crippen molar-refractivity contribution in [3.05, 3.63) is 12.4 Å². The molecule has 0 radical (unpaired) electrons. The van der Waals surface area contributed by atoms with Crippen LogP contribution >= 0.6 is 0 Å². The van der Waals surface area contributed by atoms with Gasteiger partial charge in [0.1, 0.15) is 0 Å². The van der Waals surface area contributed by atoms with E-state index in [0.29, 0.717) is 0 Å². The summed E-state index contributed by atoms with van der Waals surface area (Å²) in [7, 11) is -5.06. The molecule has 0 aliphatic heterocycles. The molecule has 0 spiro atoms. The summed E-state index contributed by atoms with van der Waals surface area (Å²) in [5, 5.41) is 5.82. The van der Waals surface area contributed by atoms with Gasteiger partial charge in [0.15, 0.2) is 5.25 Å². The summed E-state index contributed by atoms with van der Waals surface area (Å²) in [5.74, 6) is -3.55. The molecular weight excluding hydrogens is 266 g/mol. The average molecular weight is 274 g/mol. The molecule has 0 aromatic heterocycles. The number of hydrogen-bond acceptors (Lipinski definition) is 5. The number of carbonyl (C=O) groups excluding carboxylic acids is 1. The van der Waals surface area contributed by atoms with E-state index in [9.17, 15) is 26.8 Å². The molecule has 0 amide bonds. The highest BCUT2D eigenvalue weighted by molar-refractivity contribution is 7.87. The van der Waals surface area contributed by atoms with E-state index in [2.05, 4.69) is 4.74 Å². The number of esters is 1. The Labute approximate surface area is 94.4 Å². The van der Waals surface area contributed by atoms with Gasteiger partial charge in [0.2, 0.25) is 0 Å². The topological polar surface area (TPSA) is 118 Å². The highest BCUT2D eigenvalue weighted by Gasteiger charge is 2.36. The standard InChI is InChI=1S/C7H8F2O7S/c8-2-1-5(9)16-7(12)4(3-6(10)11)17(13,14)15/h1-2,4-5H,3H2,(H,10,11)(H,13,14,15). The summed E-state index contributed by atoms with van der Waals surface area (Å²) >= 11 is 0. The second kappa shape index (κ2) is 6.25. The number of halogens is 2. The zero-order valence-electron chi connectivity index (χ0n) is 8.12. The van der Waals surface area contributed by atoms with E-state index in [4.69, 9.17) is 9.66 Å². The van der Waals surface area contributed by atoms with Gasteiger partial charge in [-0.05, 0) is 0 Å². The molecule has 17 heavy (non-hydrogen) atoms. The van der Waals surface area contributed by atoms with E-state index in [1.54, 1.807) is 0 Å². The molecule has 10 heteroatoms. The molecule has 0 bridgehead atoms. The van der Waals surface area contributed by atoms with E-state index in [-0.39, 0.29) is 12.4 Å². The molecular formula is C7H8F2O7S. The van der Waals surface area contributed by atoms with Crippen LogP contribution in [0.15, 0.2) is 12.4 Å². The fraction of sp³-hybridized carbons (Fsp3) is 0.429. The van der Waals surface area contributed by atoms with E-state index in [1.165, 1.54) is 0 Å². The van der Waals surface area contributed by atoms with Gasteiger partial charge in [0.25, 0.3) is 16.5 Å². The highest BCUT2D eigenvalue weighted by Crippen LogP contribution is 2.10. The van der Waals surface area contributed by atoms with E-state index >= 15 is 0 Å². The lowest BCUT2D eigenvalue weighted by Gasteiger charge is -2.11. The van der Waals surface area contributed by atoms with Gasteiger partial charge in [0.05, 0.1) is 12.8 Å². The molecule has 0 heterocycles. The minimum Gasteiger partial charge on any atom is -0.481 e. The summed E-state index contributed by atoms with van der Waals surface area (Å²) in [5.41, 5.74) is 0. The number of ether oxygens (including phenoxy) is 1. The van der Waals surface area contributed by atoms with Crippen molar-refractivity contribution >= 4 is 22.1 Å². The molecule has 2 N–H and O–H groups in total. The number of alkyl halides is 1. The van der Waals surface area contributed by atoms with Gasteiger partial charge in [-0.2, -0.15) is 12.8 Å². The fourth-order valence-corrected chi connectivity index (χ4v) is 1.40. The number of carboxylic acids is 1. The Morgan fingerprint density at radius 1 is 1.41 bits per heavy atom. The normalized spacial score (nSPS) is 15.5. The first-order valence-electron chi connectivity index (χ1n) is 3.98. The molecule has 0 aromatic carbocycles. The van der Waals surface area contributed by atoms with Crippen molar-refractivity contribution in [1.82, 2.24) is 0 Å². The quantitative estimate of drug-likeness (QED) is 0.518.